The fraction of sp³-hybridized carbons (Fsp3) is 0.455. The van der Waals surface area contributed by atoms with Crippen molar-refractivity contribution in [2.45, 2.75) is 13.0 Å². The quantitative estimate of drug-likeness (QED) is 0.704. The van der Waals surface area contributed by atoms with Crippen molar-refractivity contribution in [3.8, 4) is 0 Å². The summed E-state index contributed by atoms with van der Waals surface area (Å²) in [6, 6.07) is 7.75. The molecule has 0 radical (unpaired) electrons. The van der Waals surface area contributed by atoms with Gasteiger partial charge in [-0.05, 0) is 24.6 Å². The van der Waals surface area contributed by atoms with Gasteiger partial charge in [-0.2, -0.15) is 0 Å². The van der Waals surface area contributed by atoms with Gasteiger partial charge in [0.15, 0.2) is 0 Å². The number of benzene rings is 1. The zero-order chi connectivity index (χ0) is 10.4. The number of nitrogens with one attached hydrogen (secondary N) is 1. The minimum Gasteiger partial charge on any atom is -0.389 e. The number of ether oxygens (including phenoxy) is 1. The molecule has 0 saturated heterocycles. The lowest BCUT2D eigenvalue weighted by Crippen LogP contribution is -2.07. The van der Waals surface area contributed by atoms with Crippen LogP contribution in [0.25, 0.3) is 0 Å². The Labute approximate surface area is 84.7 Å². The van der Waals surface area contributed by atoms with Crippen LogP contribution in [0.1, 0.15) is 18.6 Å². The Balaban J connectivity index is 2.47. The second kappa shape index (κ2) is 5.62. The summed E-state index contributed by atoms with van der Waals surface area (Å²) in [6.45, 7) is 3.25. The highest BCUT2D eigenvalue weighted by molar-refractivity contribution is 5.44. The summed E-state index contributed by atoms with van der Waals surface area (Å²) >= 11 is 0. The normalized spacial score (nSPS) is 12.5. The molecule has 3 nitrogen and oxygen atoms in total. The molecule has 1 unspecified atom stereocenters. The third-order valence-electron chi connectivity index (χ3n) is 2.03. The van der Waals surface area contributed by atoms with Gasteiger partial charge < -0.3 is 15.2 Å². The van der Waals surface area contributed by atoms with Crippen molar-refractivity contribution in [2.75, 3.05) is 25.6 Å². The summed E-state index contributed by atoms with van der Waals surface area (Å²) in [6.07, 6.45) is -0.400. The average molecular weight is 195 g/mol. The summed E-state index contributed by atoms with van der Waals surface area (Å²) in [4.78, 5) is 0. The maximum Gasteiger partial charge on any atom is 0.0761 e. The first-order chi connectivity index (χ1) is 6.74. The van der Waals surface area contributed by atoms with E-state index in [1.807, 2.05) is 24.3 Å². The molecule has 3 heteroatoms. The average Bonchev–Trinajstić information content (AvgIpc) is 2.19. The molecule has 0 fully saturated rings. The van der Waals surface area contributed by atoms with Crippen molar-refractivity contribution in [1.29, 1.82) is 0 Å². The van der Waals surface area contributed by atoms with Crippen LogP contribution in [-0.4, -0.2) is 25.4 Å². The van der Waals surface area contributed by atoms with Gasteiger partial charge in [-0.3, -0.25) is 0 Å². The molecule has 0 amide bonds. The molecule has 0 aromatic heterocycles. The third-order valence-corrected chi connectivity index (χ3v) is 2.03. The summed E-state index contributed by atoms with van der Waals surface area (Å²) in [5.41, 5.74) is 1.98. The van der Waals surface area contributed by atoms with E-state index in [2.05, 4.69) is 5.32 Å². The second-order valence-electron chi connectivity index (χ2n) is 3.22. The van der Waals surface area contributed by atoms with Crippen LogP contribution in [0.5, 0.6) is 0 Å². The van der Waals surface area contributed by atoms with Crippen molar-refractivity contribution >= 4 is 5.69 Å². The van der Waals surface area contributed by atoms with Crippen LogP contribution in [0.4, 0.5) is 5.69 Å². The molecule has 0 saturated carbocycles. The Hall–Kier alpha value is -1.06. The summed E-state index contributed by atoms with van der Waals surface area (Å²) in [5, 5.41) is 12.5. The zero-order valence-electron chi connectivity index (χ0n) is 8.66. The van der Waals surface area contributed by atoms with Crippen molar-refractivity contribution in [3.05, 3.63) is 29.8 Å². The molecule has 1 aromatic carbocycles. The van der Waals surface area contributed by atoms with Gasteiger partial charge >= 0.3 is 0 Å². The lowest BCUT2D eigenvalue weighted by atomic mass is 10.1. The molecule has 0 aliphatic rings. The van der Waals surface area contributed by atoms with E-state index in [1.54, 1.807) is 14.0 Å². The van der Waals surface area contributed by atoms with E-state index in [0.29, 0.717) is 6.61 Å². The third kappa shape index (κ3) is 3.36. The SMILES string of the molecule is COCCNc1ccc(C(C)O)cc1. The van der Waals surface area contributed by atoms with Crippen LogP contribution in [0.15, 0.2) is 24.3 Å². The highest BCUT2D eigenvalue weighted by Crippen LogP contribution is 2.15. The number of aliphatic hydroxyl groups excluding tert-OH is 1. The minimum absolute atomic E-state index is 0.400. The Morgan fingerprint density at radius 3 is 2.50 bits per heavy atom. The number of aliphatic hydroxyl groups is 1. The molecular weight excluding hydrogens is 178 g/mol. The maximum absolute atomic E-state index is 9.29. The van der Waals surface area contributed by atoms with Gasteiger partial charge in [-0.15, -0.1) is 0 Å². The van der Waals surface area contributed by atoms with Gasteiger partial charge in [0.2, 0.25) is 0 Å². The second-order valence-corrected chi connectivity index (χ2v) is 3.22. The molecule has 0 bridgehead atoms. The van der Waals surface area contributed by atoms with Gasteiger partial charge in [-0.1, -0.05) is 12.1 Å². The van der Waals surface area contributed by atoms with E-state index in [-0.39, 0.29) is 0 Å². The fourth-order valence-corrected chi connectivity index (χ4v) is 1.18. The van der Waals surface area contributed by atoms with Gasteiger partial charge in [-0.25, -0.2) is 0 Å². The van der Waals surface area contributed by atoms with Crippen LogP contribution in [-0.2, 0) is 4.74 Å². The molecule has 2 N–H and O–H groups in total. The number of methoxy groups -OCH3 is 1. The molecular formula is C11H17NO2. The smallest absolute Gasteiger partial charge is 0.0761 e. The van der Waals surface area contributed by atoms with E-state index in [1.165, 1.54) is 0 Å². The zero-order valence-corrected chi connectivity index (χ0v) is 8.66. The van der Waals surface area contributed by atoms with E-state index in [0.717, 1.165) is 17.8 Å². The van der Waals surface area contributed by atoms with E-state index in [4.69, 9.17) is 4.74 Å². The lowest BCUT2D eigenvalue weighted by Gasteiger charge is -2.08. The summed E-state index contributed by atoms with van der Waals surface area (Å²) in [5.74, 6) is 0. The molecule has 14 heavy (non-hydrogen) atoms. The van der Waals surface area contributed by atoms with Crippen molar-refractivity contribution in [2.24, 2.45) is 0 Å². The largest absolute Gasteiger partial charge is 0.389 e. The fourth-order valence-electron chi connectivity index (χ4n) is 1.18. The number of hydrogen-bond donors (Lipinski definition) is 2. The van der Waals surface area contributed by atoms with Crippen molar-refractivity contribution in [1.82, 2.24) is 0 Å². The Bertz CT molecular complexity index is 256. The molecule has 0 aliphatic carbocycles. The molecule has 0 aliphatic heterocycles. The Morgan fingerprint density at radius 1 is 1.36 bits per heavy atom. The van der Waals surface area contributed by atoms with Crippen LogP contribution < -0.4 is 5.32 Å². The van der Waals surface area contributed by atoms with Gasteiger partial charge in [0, 0.05) is 19.3 Å². The van der Waals surface area contributed by atoms with Gasteiger partial charge in [0.1, 0.15) is 0 Å². The van der Waals surface area contributed by atoms with E-state index >= 15 is 0 Å². The van der Waals surface area contributed by atoms with Gasteiger partial charge in [0.25, 0.3) is 0 Å². The highest BCUT2D eigenvalue weighted by atomic mass is 16.5. The molecule has 78 valence electrons. The first-order valence-corrected chi connectivity index (χ1v) is 4.75. The number of rotatable bonds is 5. The monoisotopic (exact) mass is 195 g/mol. The topological polar surface area (TPSA) is 41.5 Å². The van der Waals surface area contributed by atoms with Crippen LogP contribution in [0.2, 0.25) is 0 Å². The Kier molecular flexibility index (Phi) is 4.43. The highest BCUT2D eigenvalue weighted by Gasteiger charge is 1.99. The predicted molar refractivity (Wildman–Crippen MR) is 57.4 cm³/mol. The standard InChI is InChI=1S/C11H17NO2/c1-9(13)10-3-5-11(6-4-10)12-7-8-14-2/h3-6,9,12-13H,7-8H2,1-2H3. The van der Waals surface area contributed by atoms with E-state index in [9.17, 15) is 5.11 Å². The van der Waals surface area contributed by atoms with Crippen LogP contribution in [0.3, 0.4) is 0 Å². The molecule has 1 atom stereocenters. The number of hydrogen-bond acceptors (Lipinski definition) is 3. The summed E-state index contributed by atoms with van der Waals surface area (Å²) in [7, 11) is 1.68. The van der Waals surface area contributed by atoms with Crippen molar-refractivity contribution in [3.63, 3.8) is 0 Å². The van der Waals surface area contributed by atoms with E-state index < -0.39 is 6.10 Å². The van der Waals surface area contributed by atoms with Crippen molar-refractivity contribution < 1.29 is 9.84 Å². The lowest BCUT2D eigenvalue weighted by molar-refractivity contribution is 0.199. The molecule has 0 heterocycles. The number of anilines is 1. The Morgan fingerprint density at radius 2 is 2.00 bits per heavy atom. The van der Waals surface area contributed by atoms with Crippen LogP contribution in [0, 0.1) is 0 Å². The minimum atomic E-state index is -0.400. The first kappa shape index (κ1) is 11.0. The summed E-state index contributed by atoms with van der Waals surface area (Å²) < 4.78 is 4.92. The molecule has 1 rings (SSSR count). The van der Waals surface area contributed by atoms with Gasteiger partial charge in [0.05, 0.1) is 12.7 Å². The maximum atomic E-state index is 9.29. The predicted octanol–water partition coefficient (Wildman–Crippen LogP) is 1.80. The molecule has 0 spiro atoms. The molecule has 1 aromatic rings. The van der Waals surface area contributed by atoms with Crippen LogP contribution >= 0.6 is 0 Å². The first-order valence-electron chi connectivity index (χ1n) is 4.75.